The van der Waals surface area contributed by atoms with Crippen molar-refractivity contribution in [3.05, 3.63) is 88.4 Å². The maximum absolute atomic E-state index is 12.7. The number of methoxy groups -OCH3 is 1. The Bertz CT molecular complexity index is 3820. The second kappa shape index (κ2) is 26.9. The zero-order valence-corrected chi connectivity index (χ0v) is 49.6. The number of rotatable bonds is 9. The van der Waals surface area contributed by atoms with Crippen molar-refractivity contribution < 1.29 is 37.1 Å². The van der Waals surface area contributed by atoms with Gasteiger partial charge in [0.05, 0.1) is 77.2 Å². The van der Waals surface area contributed by atoms with Crippen LogP contribution in [0.4, 0.5) is 33.7 Å². The average Bonchev–Trinajstić information content (AvgIpc) is 4.16. The molecule has 4 amide bonds. The zero-order chi connectivity index (χ0) is 59.7. The zero-order valence-electron chi connectivity index (χ0n) is 44.8. The van der Waals surface area contributed by atoms with E-state index in [0.29, 0.717) is 90.8 Å². The molecule has 12 rings (SSSR count). The summed E-state index contributed by atoms with van der Waals surface area (Å²) in [6.45, 7) is 6.37. The van der Waals surface area contributed by atoms with Crippen LogP contribution in [0.1, 0.15) is 36.8 Å². The van der Waals surface area contributed by atoms with Gasteiger partial charge in [-0.05, 0) is 105 Å². The molecule has 0 radical (unpaired) electrons. The number of halogens is 4. The summed E-state index contributed by atoms with van der Waals surface area (Å²) in [5, 5.41) is 48.5. The monoisotopic (exact) mass is 1280 g/mol. The van der Waals surface area contributed by atoms with Crippen LogP contribution in [0.25, 0.3) is 40.9 Å². The number of aryl methyl sites for hydroxylation is 1. The van der Waals surface area contributed by atoms with Crippen molar-refractivity contribution in [3.8, 4) is 30.5 Å². The molecule has 8 aromatic rings. The van der Waals surface area contributed by atoms with E-state index in [9.17, 15) is 32.3 Å². The summed E-state index contributed by atoms with van der Waals surface area (Å²) in [6.07, 6.45) is 6.53. The highest BCUT2D eigenvalue weighted by atomic mass is 79.9. The number of amides is 4. The number of nitrogens with one attached hydrogen (secondary N) is 4. The van der Waals surface area contributed by atoms with E-state index in [-0.39, 0.29) is 52.4 Å². The third kappa shape index (κ3) is 15.2. The van der Waals surface area contributed by atoms with Gasteiger partial charge in [0.15, 0.2) is 45.3 Å². The van der Waals surface area contributed by atoms with Crippen LogP contribution in [0, 0.1) is 76.4 Å². The highest BCUT2D eigenvalue weighted by Crippen LogP contribution is 2.36. The summed E-state index contributed by atoms with van der Waals surface area (Å²) in [7, 11) is 1.62. The fraction of sp³-hybridized carbons (Fsp3) is 0.345. The number of aromatic nitrogens is 4. The van der Waals surface area contributed by atoms with Crippen LogP contribution in [0.5, 0.6) is 5.75 Å². The van der Waals surface area contributed by atoms with Crippen molar-refractivity contribution in [1.29, 1.82) is 21.0 Å². The Morgan fingerprint density at radius 2 is 0.857 bits per heavy atom. The van der Waals surface area contributed by atoms with E-state index in [0.717, 1.165) is 77.2 Å². The number of ether oxygens (including phenoxy) is 1. The average molecular weight is 1280 g/mol. The molecule has 4 N–H and O–H groups in total. The van der Waals surface area contributed by atoms with Crippen LogP contribution in [0.15, 0.2) is 77.3 Å². The normalized spacial score (nSPS) is 18.1. The van der Waals surface area contributed by atoms with Gasteiger partial charge in [0.2, 0.25) is 23.6 Å². The first-order valence-electron chi connectivity index (χ1n) is 26.0. The van der Waals surface area contributed by atoms with E-state index in [2.05, 4.69) is 81.8 Å². The molecule has 0 spiro atoms. The first-order chi connectivity index (χ1) is 40.4. The van der Waals surface area contributed by atoms with Crippen molar-refractivity contribution in [2.75, 3.05) is 80.7 Å². The number of nitriles is 4. The van der Waals surface area contributed by atoms with Gasteiger partial charge in [-0.25, -0.2) is 19.9 Å². The Morgan fingerprint density at radius 1 is 0.524 bits per heavy atom. The van der Waals surface area contributed by atoms with Gasteiger partial charge in [-0.3, -0.25) is 19.2 Å². The lowest BCUT2D eigenvalue weighted by Crippen LogP contribution is -2.25. The number of carbonyl (C=O) groups is 4. The van der Waals surface area contributed by atoms with E-state index < -0.39 is 11.7 Å². The fourth-order valence-electron chi connectivity index (χ4n) is 9.37. The van der Waals surface area contributed by atoms with Crippen LogP contribution in [0.3, 0.4) is 0 Å². The molecule has 21 nitrogen and oxygen atoms in total. The number of thiazole rings is 4. The molecule has 4 unspecified atom stereocenters. The Hall–Kier alpha value is -8.45. The number of alkyl halides is 3. The topological polar surface area (TPSA) is 285 Å². The molecule has 84 heavy (non-hydrogen) atoms. The SMILES string of the molecule is COc1ccc2nc(NC(=O)C3CCN(C#N)C3)sc2c1.Cc1ccc2nc(NC(=O)C3CCN(C#N)C3)sc2c1.N#CN1CCC(C(=O)Nc2nc3ccc(Br)cc3s2)C1.N#CN1CCC(C(=O)Nc2nc3ccc(C(F)(F)F)cc3s2)C1. The smallest absolute Gasteiger partial charge is 0.416 e. The van der Waals surface area contributed by atoms with Crippen LogP contribution in [0.2, 0.25) is 0 Å². The lowest BCUT2D eigenvalue weighted by atomic mass is 10.1. The molecule has 4 aromatic heterocycles. The number of likely N-dealkylation sites (tertiary alicyclic amines) is 4. The molecule has 4 saturated heterocycles. The Balaban J connectivity index is 0.000000135. The minimum absolute atomic E-state index is 0.0430. The van der Waals surface area contributed by atoms with Crippen LogP contribution in [-0.2, 0) is 25.4 Å². The molecule has 4 aliphatic rings. The second-order valence-corrected chi connectivity index (χ2v) is 24.8. The lowest BCUT2D eigenvalue weighted by Gasteiger charge is -2.08. The van der Waals surface area contributed by atoms with Gasteiger partial charge in [-0.2, -0.15) is 34.2 Å². The number of hydrogen-bond acceptors (Lipinski definition) is 21. The van der Waals surface area contributed by atoms with E-state index >= 15 is 0 Å². The van der Waals surface area contributed by atoms with Gasteiger partial charge < -0.3 is 45.6 Å². The van der Waals surface area contributed by atoms with Crippen LogP contribution >= 0.6 is 61.3 Å². The molecule has 4 atom stereocenters. The number of fused-ring (bicyclic) bond motifs is 4. The molecule has 29 heteroatoms. The Kier molecular flexibility index (Phi) is 19.2. The molecule has 0 aliphatic carbocycles. The van der Waals surface area contributed by atoms with E-state index in [1.54, 1.807) is 21.8 Å². The summed E-state index contributed by atoms with van der Waals surface area (Å²) in [4.78, 5) is 72.2. The third-order valence-electron chi connectivity index (χ3n) is 13.9. The van der Waals surface area contributed by atoms with Crippen molar-refractivity contribution in [2.45, 2.75) is 38.8 Å². The molecular weight excluding hydrogens is 1230 g/mol. The van der Waals surface area contributed by atoms with Gasteiger partial charge in [0.25, 0.3) is 0 Å². The quantitative estimate of drug-likeness (QED) is 0.0977. The van der Waals surface area contributed by atoms with Crippen LogP contribution in [-0.4, -0.2) is 123 Å². The number of hydrogen-bond donors (Lipinski definition) is 4. The Labute approximate surface area is 503 Å². The summed E-state index contributed by atoms with van der Waals surface area (Å²) < 4.78 is 47.7. The van der Waals surface area contributed by atoms with Crippen LogP contribution < -0.4 is 26.0 Å². The predicted molar refractivity (Wildman–Crippen MR) is 318 cm³/mol. The summed E-state index contributed by atoms with van der Waals surface area (Å²) >= 11 is 8.77. The number of nitrogens with zero attached hydrogens (tertiary/aromatic N) is 12. The largest absolute Gasteiger partial charge is 0.497 e. The highest BCUT2D eigenvalue weighted by molar-refractivity contribution is 9.10. The van der Waals surface area contributed by atoms with Gasteiger partial charge in [-0.15, -0.1) is 0 Å². The molecule has 8 heterocycles. The van der Waals surface area contributed by atoms with E-state index in [1.165, 1.54) is 50.5 Å². The molecule has 0 saturated carbocycles. The van der Waals surface area contributed by atoms with Crippen molar-refractivity contribution in [1.82, 2.24) is 39.5 Å². The molecular formula is C55H50BrF3N16O5S4. The number of carbonyl (C=O) groups excluding carboxylic acids is 4. The first-order valence-corrected chi connectivity index (χ1v) is 30.1. The maximum atomic E-state index is 12.7. The second-order valence-electron chi connectivity index (χ2n) is 19.8. The summed E-state index contributed by atoms with van der Waals surface area (Å²) in [5.74, 6) is -0.379. The lowest BCUT2D eigenvalue weighted by molar-refractivity contribution is -0.137. The fourth-order valence-corrected chi connectivity index (χ4v) is 13.6. The molecule has 0 bridgehead atoms. The van der Waals surface area contributed by atoms with E-state index in [1.807, 2.05) is 61.6 Å². The standard InChI is InChI=1S/C14H11F3N4OS.C14H14N4O2S.C14H14N4OS.C13H11BrN4OS/c15-14(16,17)9-1-2-10-11(5-9)23-13(19-10)20-12(22)8-3-4-21(6-8)7-18;1-20-10-2-3-11-12(6-10)21-14(16-11)17-13(19)9-4-5-18(7-9)8-15;1-9-2-3-11-12(6-9)20-14(16-11)17-13(19)10-4-5-18(7-10)8-15;14-9-1-2-10-11(5-9)20-13(16-10)17-12(19)8-3-4-18(6-8)7-15/h1-2,5,8H,3-4,6H2,(H,19,20,22);2-3,6,9H,4-5,7H2,1H3,(H,16,17,19);2-3,6,10H,4-5,7H2,1H3,(H,16,17,19);1-2,5,8H,3-4,6H2,(H,16,17,19). The summed E-state index contributed by atoms with van der Waals surface area (Å²) in [5.41, 5.74) is 3.45. The highest BCUT2D eigenvalue weighted by Gasteiger charge is 2.33. The third-order valence-corrected chi connectivity index (χ3v) is 18.2. The Morgan fingerprint density at radius 3 is 1.21 bits per heavy atom. The summed E-state index contributed by atoms with van der Waals surface area (Å²) in [6, 6.07) is 20.7. The predicted octanol–water partition coefficient (Wildman–Crippen LogP) is 10.2. The number of anilines is 4. The van der Waals surface area contributed by atoms with Gasteiger partial charge in [0, 0.05) is 56.8 Å². The molecule has 4 aromatic carbocycles. The van der Waals surface area contributed by atoms with Crippen molar-refractivity contribution in [2.24, 2.45) is 23.7 Å². The molecule has 4 aliphatic heterocycles. The number of benzene rings is 4. The minimum atomic E-state index is -4.41. The van der Waals surface area contributed by atoms with Gasteiger partial charge >= 0.3 is 6.18 Å². The first kappa shape index (κ1) is 60.2. The van der Waals surface area contributed by atoms with Gasteiger partial charge in [-0.1, -0.05) is 67.3 Å². The van der Waals surface area contributed by atoms with E-state index in [4.69, 9.17) is 25.8 Å². The van der Waals surface area contributed by atoms with Crippen molar-refractivity contribution in [3.63, 3.8) is 0 Å². The minimum Gasteiger partial charge on any atom is -0.497 e. The molecule has 432 valence electrons. The van der Waals surface area contributed by atoms with Gasteiger partial charge in [0.1, 0.15) is 5.75 Å². The molecule has 4 fully saturated rings. The van der Waals surface area contributed by atoms with Crippen molar-refractivity contribution >= 4 is 146 Å². The maximum Gasteiger partial charge on any atom is 0.416 e.